The standard InChI is InChI=1S/C22H19ClN4/c1-14-25-21(16-9-10-19(23)17(11-16)13-24)12-22(26-14)27-20-8-4-6-15-5-2-3-7-18(15)20/h2-3,5,7,9-12,20H,4,6,8H2,1H3,(H,25,26,27). The van der Waals surface area contributed by atoms with Gasteiger partial charge in [-0.2, -0.15) is 5.26 Å². The minimum absolute atomic E-state index is 0.247. The number of nitrogens with zero attached hydrogens (tertiary/aromatic N) is 3. The van der Waals surface area contributed by atoms with Gasteiger partial charge in [-0.3, -0.25) is 0 Å². The van der Waals surface area contributed by atoms with Crippen LogP contribution in [-0.2, 0) is 6.42 Å². The number of aromatic nitrogens is 2. The number of halogens is 1. The molecule has 2 aromatic carbocycles. The number of anilines is 1. The Kier molecular flexibility index (Phi) is 4.79. The van der Waals surface area contributed by atoms with Gasteiger partial charge in [-0.1, -0.05) is 41.9 Å². The molecule has 1 atom stereocenters. The smallest absolute Gasteiger partial charge is 0.130 e. The van der Waals surface area contributed by atoms with Gasteiger partial charge in [0.1, 0.15) is 17.7 Å². The van der Waals surface area contributed by atoms with Crippen LogP contribution in [0.4, 0.5) is 5.82 Å². The number of hydrogen-bond acceptors (Lipinski definition) is 4. The fourth-order valence-electron chi connectivity index (χ4n) is 3.64. The Labute approximate surface area is 163 Å². The molecule has 0 bridgehead atoms. The maximum Gasteiger partial charge on any atom is 0.130 e. The van der Waals surface area contributed by atoms with E-state index in [1.54, 1.807) is 12.1 Å². The van der Waals surface area contributed by atoms with Gasteiger partial charge in [0.25, 0.3) is 0 Å². The number of nitriles is 1. The lowest BCUT2D eigenvalue weighted by atomic mass is 9.88. The van der Waals surface area contributed by atoms with E-state index in [0.717, 1.165) is 36.3 Å². The summed E-state index contributed by atoms with van der Waals surface area (Å²) in [6, 6.07) is 18.3. The fraction of sp³-hybridized carbons (Fsp3) is 0.227. The molecule has 1 aliphatic rings. The number of benzene rings is 2. The van der Waals surface area contributed by atoms with Crippen LogP contribution in [0.15, 0.2) is 48.5 Å². The Balaban J connectivity index is 1.67. The minimum atomic E-state index is 0.247. The first-order valence-corrected chi connectivity index (χ1v) is 9.42. The van der Waals surface area contributed by atoms with E-state index in [9.17, 15) is 5.26 Å². The Morgan fingerprint density at radius 2 is 2.00 bits per heavy atom. The highest BCUT2D eigenvalue weighted by atomic mass is 35.5. The van der Waals surface area contributed by atoms with Crippen molar-refractivity contribution in [1.82, 2.24) is 9.97 Å². The van der Waals surface area contributed by atoms with Crippen molar-refractivity contribution in [1.29, 1.82) is 5.26 Å². The molecule has 0 amide bonds. The Morgan fingerprint density at radius 1 is 1.15 bits per heavy atom. The lowest BCUT2D eigenvalue weighted by Crippen LogP contribution is -2.18. The van der Waals surface area contributed by atoms with Gasteiger partial charge in [-0.25, -0.2) is 9.97 Å². The highest BCUT2D eigenvalue weighted by molar-refractivity contribution is 6.31. The van der Waals surface area contributed by atoms with Crippen LogP contribution in [0.1, 0.15) is 41.4 Å². The summed E-state index contributed by atoms with van der Waals surface area (Å²) in [4.78, 5) is 9.12. The molecule has 1 heterocycles. The minimum Gasteiger partial charge on any atom is -0.363 e. The predicted molar refractivity (Wildman–Crippen MR) is 108 cm³/mol. The lowest BCUT2D eigenvalue weighted by Gasteiger charge is -2.27. The molecule has 1 N–H and O–H groups in total. The molecule has 0 saturated heterocycles. The van der Waals surface area contributed by atoms with Gasteiger partial charge in [-0.15, -0.1) is 0 Å². The van der Waals surface area contributed by atoms with Crippen molar-refractivity contribution in [2.75, 3.05) is 5.32 Å². The van der Waals surface area contributed by atoms with Crippen LogP contribution < -0.4 is 5.32 Å². The van der Waals surface area contributed by atoms with Crippen LogP contribution in [0.3, 0.4) is 0 Å². The van der Waals surface area contributed by atoms with E-state index >= 15 is 0 Å². The van der Waals surface area contributed by atoms with Crippen LogP contribution in [0.2, 0.25) is 5.02 Å². The van der Waals surface area contributed by atoms with E-state index in [1.165, 1.54) is 11.1 Å². The second-order valence-electron chi connectivity index (χ2n) is 6.78. The third kappa shape index (κ3) is 3.65. The molecule has 134 valence electrons. The lowest BCUT2D eigenvalue weighted by molar-refractivity contribution is 0.598. The van der Waals surface area contributed by atoms with E-state index in [-0.39, 0.29) is 6.04 Å². The van der Waals surface area contributed by atoms with Gasteiger partial charge in [-0.05, 0) is 49.4 Å². The zero-order valence-corrected chi connectivity index (χ0v) is 15.8. The topological polar surface area (TPSA) is 61.6 Å². The van der Waals surface area contributed by atoms with Crippen molar-refractivity contribution in [3.05, 3.63) is 76.1 Å². The Morgan fingerprint density at radius 3 is 2.85 bits per heavy atom. The highest BCUT2D eigenvalue weighted by Gasteiger charge is 2.20. The summed E-state index contributed by atoms with van der Waals surface area (Å²) in [7, 11) is 0. The molecule has 1 unspecified atom stereocenters. The summed E-state index contributed by atoms with van der Waals surface area (Å²) in [6.45, 7) is 1.88. The van der Waals surface area contributed by atoms with Crippen molar-refractivity contribution < 1.29 is 0 Å². The van der Waals surface area contributed by atoms with E-state index < -0.39 is 0 Å². The summed E-state index contributed by atoms with van der Waals surface area (Å²) in [6.07, 6.45) is 3.37. The second kappa shape index (κ2) is 7.38. The second-order valence-corrected chi connectivity index (χ2v) is 7.19. The molecule has 4 rings (SSSR count). The van der Waals surface area contributed by atoms with Gasteiger partial charge in [0.15, 0.2) is 0 Å². The average Bonchev–Trinajstić information content (AvgIpc) is 2.68. The molecule has 1 aliphatic carbocycles. The molecule has 3 aromatic rings. The van der Waals surface area contributed by atoms with Gasteiger partial charge in [0.2, 0.25) is 0 Å². The van der Waals surface area contributed by atoms with Gasteiger partial charge < -0.3 is 5.32 Å². The van der Waals surface area contributed by atoms with Crippen molar-refractivity contribution in [2.24, 2.45) is 0 Å². The number of fused-ring (bicyclic) bond motifs is 1. The quantitative estimate of drug-likeness (QED) is 0.660. The molecule has 4 nitrogen and oxygen atoms in total. The van der Waals surface area contributed by atoms with Crippen LogP contribution in [-0.4, -0.2) is 9.97 Å². The first-order chi connectivity index (χ1) is 13.1. The molecule has 1 aromatic heterocycles. The van der Waals surface area contributed by atoms with Gasteiger partial charge in [0, 0.05) is 11.6 Å². The third-order valence-corrected chi connectivity index (χ3v) is 5.24. The summed E-state index contributed by atoms with van der Waals surface area (Å²) >= 11 is 6.06. The zero-order valence-electron chi connectivity index (χ0n) is 15.0. The van der Waals surface area contributed by atoms with Crippen molar-refractivity contribution in [2.45, 2.75) is 32.2 Å². The van der Waals surface area contributed by atoms with Crippen molar-refractivity contribution >= 4 is 17.4 Å². The van der Waals surface area contributed by atoms with Crippen molar-refractivity contribution in [3.63, 3.8) is 0 Å². The molecule has 5 heteroatoms. The molecule has 0 fully saturated rings. The molecule has 0 saturated carbocycles. The largest absolute Gasteiger partial charge is 0.363 e. The Hall–Kier alpha value is -2.90. The molecule has 0 radical (unpaired) electrons. The molecule has 0 spiro atoms. The number of aryl methyl sites for hydroxylation is 2. The first kappa shape index (κ1) is 17.5. The SMILES string of the molecule is Cc1nc(NC2CCCc3ccccc32)cc(-c2ccc(Cl)c(C#N)c2)n1. The van der Waals surface area contributed by atoms with Gasteiger partial charge in [0.05, 0.1) is 22.3 Å². The molecular formula is C22H19ClN4. The maximum absolute atomic E-state index is 9.23. The van der Waals surface area contributed by atoms with Crippen LogP contribution >= 0.6 is 11.6 Å². The molecule has 0 aliphatic heterocycles. The normalized spacial score (nSPS) is 15.7. The average molecular weight is 375 g/mol. The summed E-state index contributed by atoms with van der Waals surface area (Å²) in [5, 5.41) is 13.3. The Bertz CT molecular complexity index is 1040. The van der Waals surface area contributed by atoms with Crippen molar-refractivity contribution in [3.8, 4) is 17.3 Å². The molecular weight excluding hydrogens is 356 g/mol. The fourth-order valence-corrected chi connectivity index (χ4v) is 3.80. The number of hydrogen-bond donors (Lipinski definition) is 1. The summed E-state index contributed by atoms with van der Waals surface area (Å²) in [5.41, 5.74) is 4.83. The number of nitrogens with one attached hydrogen (secondary N) is 1. The highest BCUT2D eigenvalue weighted by Crippen LogP contribution is 2.33. The predicted octanol–water partition coefficient (Wildman–Crippen LogP) is 5.47. The number of rotatable bonds is 3. The van der Waals surface area contributed by atoms with E-state index in [0.29, 0.717) is 16.4 Å². The first-order valence-electron chi connectivity index (χ1n) is 9.04. The van der Waals surface area contributed by atoms with E-state index in [4.69, 9.17) is 11.6 Å². The van der Waals surface area contributed by atoms with Crippen LogP contribution in [0.25, 0.3) is 11.3 Å². The van der Waals surface area contributed by atoms with Crippen LogP contribution in [0, 0.1) is 18.3 Å². The van der Waals surface area contributed by atoms with E-state index in [1.807, 2.05) is 19.1 Å². The maximum atomic E-state index is 9.23. The van der Waals surface area contributed by atoms with E-state index in [2.05, 4.69) is 45.6 Å². The van der Waals surface area contributed by atoms with Gasteiger partial charge >= 0.3 is 0 Å². The summed E-state index contributed by atoms with van der Waals surface area (Å²) in [5.74, 6) is 1.49. The molecule has 27 heavy (non-hydrogen) atoms. The zero-order chi connectivity index (χ0) is 18.8. The van der Waals surface area contributed by atoms with Crippen LogP contribution in [0.5, 0.6) is 0 Å². The monoisotopic (exact) mass is 374 g/mol. The third-order valence-electron chi connectivity index (χ3n) is 4.91. The summed E-state index contributed by atoms with van der Waals surface area (Å²) < 4.78 is 0.